The number of rotatable bonds is 3. The fraction of sp³-hybridized carbons (Fsp3) is 0.556. The largest absolute Gasteiger partial charge is 0.0654 e. The summed E-state index contributed by atoms with van der Waals surface area (Å²) in [6, 6.07) is 0. The van der Waals surface area contributed by atoms with Gasteiger partial charge >= 0.3 is 0 Å². The monoisotopic (exact) mass is 242 g/mol. The Morgan fingerprint density at radius 2 is 1.83 bits per heavy atom. The molecule has 0 aliphatic heterocycles. The molecule has 0 nitrogen and oxygen atoms in total. The van der Waals surface area contributed by atoms with Crippen LogP contribution in [0.4, 0.5) is 0 Å². The van der Waals surface area contributed by atoms with Gasteiger partial charge in [-0.2, -0.15) is 0 Å². The summed E-state index contributed by atoms with van der Waals surface area (Å²) in [5, 5.41) is 0. The van der Waals surface area contributed by atoms with Crippen molar-refractivity contribution >= 4 is 0 Å². The van der Waals surface area contributed by atoms with Gasteiger partial charge in [0.2, 0.25) is 0 Å². The van der Waals surface area contributed by atoms with E-state index in [1.165, 1.54) is 37.7 Å². The minimum atomic E-state index is 0.766. The van der Waals surface area contributed by atoms with Crippen molar-refractivity contribution in [2.45, 2.75) is 46.0 Å². The summed E-state index contributed by atoms with van der Waals surface area (Å²) in [6.07, 6.45) is 22.3. The Morgan fingerprint density at radius 3 is 2.67 bits per heavy atom. The van der Waals surface area contributed by atoms with E-state index in [1.807, 2.05) is 0 Å². The van der Waals surface area contributed by atoms with Crippen LogP contribution in [0.5, 0.6) is 0 Å². The van der Waals surface area contributed by atoms with Crippen LogP contribution in [0.15, 0.2) is 48.1 Å². The van der Waals surface area contributed by atoms with Crippen molar-refractivity contribution in [3.8, 4) is 0 Å². The van der Waals surface area contributed by atoms with Crippen molar-refractivity contribution in [1.29, 1.82) is 0 Å². The summed E-state index contributed by atoms with van der Waals surface area (Å²) in [4.78, 5) is 0. The van der Waals surface area contributed by atoms with E-state index in [9.17, 15) is 0 Å². The standard InChI is InChI=1S/C18H26/c1-3-9-16-13-12-15(2)18(14-16)17-10-7-5-4-6-8-11-17/h4-8,10-11,15-16,18H,3,9,12-14H2,1-2H3/b5-4-,6-4?,7-5?,8-6-,10-7-,11-8?,17-10?,17-11+. The summed E-state index contributed by atoms with van der Waals surface area (Å²) < 4.78 is 0. The van der Waals surface area contributed by atoms with Gasteiger partial charge in [0.1, 0.15) is 0 Å². The zero-order valence-corrected chi connectivity index (χ0v) is 11.8. The first-order valence-corrected chi connectivity index (χ1v) is 7.53. The van der Waals surface area contributed by atoms with Crippen LogP contribution >= 0.6 is 0 Å². The van der Waals surface area contributed by atoms with E-state index >= 15 is 0 Å². The van der Waals surface area contributed by atoms with Gasteiger partial charge < -0.3 is 0 Å². The fourth-order valence-corrected chi connectivity index (χ4v) is 3.37. The van der Waals surface area contributed by atoms with Crippen LogP contribution in [0.2, 0.25) is 0 Å². The maximum Gasteiger partial charge on any atom is -0.0134 e. The molecule has 0 radical (unpaired) electrons. The summed E-state index contributed by atoms with van der Waals surface area (Å²) >= 11 is 0. The molecule has 2 rings (SSSR count). The minimum Gasteiger partial charge on any atom is -0.0654 e. The predicted octanol–water partition coefficient (Wildman–Crippen LogP) is 5.45. The summed E-state index contributed by atoms with van der Waals surface area (Å²) in [6.45, 7) is 4.75. The summed E-state index contributed by atoms with van der Waals surface area (Å²) in [5.41, 5.74) is 1.53. The van der Waals surface area contributed by atoms with E-state index in [-0.39, 0.29) is 0 Å². The van der Waals surface area contributed by atoms with Gasteiger partial charge in [-0.15, -0.1) is 0 Å². The first-order valence-electron chi connectivity index (χ1n) is 7.53. The molecule has 2 aliphatic carbocycles. The molecule has 0 heteroatoms. The van der Waals surface area contributed by atoms with E-state index in [1.54, 1.807) is 0 Å². The molecule has 3 unspecified atom stereocenters. The van der Waals surface area contributed by atoms with Crippen LogP contribution in [0.1, 0.15) is 46.0 Å². The SMILES string of the molecule is CCCC1CCC(C)C(C2=C/C=C\C=C/C=C\2)C1. The molecule has 0 N–H and O–H groups in total. The highest BCUT2D eigenvalue weighted by atomic mass is 14.3. The highest BCUT2D eigenvalue weighted by Gasteiger charge is 2.28. The molecule has 0 aromatic heterocycles. The van der Waals surface area contributed by atoms with Crippen LogP contribution in [-0.4, -0.2) is 0 Å². The third-order valence-corrected chi connectivity index (χ3v) is 4.45. The molecule has 3 atom stereocenters. The lowest BCUT2D eigenvalue weighted by Gasteiger charge is -2.35. The maximum atomic E-state index is 2.43. The average molecular weight is 242 g/mol. The Morgan fingerprint density at radius 1 is 1.06 bits per heavy atom. The van der Waals surface area contributed by atoms with Crippen LogP contribution < -0.4 is 0 Å². The van der Waals surface area contributed by atoms with Gasteiger partial charge in [-0.3, -0.25) is 0 Å². The molecule has 0 amide bonds. The molecular formula is C18H26. The highest BCUT2D eigenvalue weighted by molar-refractivity contribution is 5.33. The second-order valence-corrected chi connectivity index (χ2v) is 5.85. The lowest BCUT2D eigenvalue weighted by atomic mass is 9.70. The van der Waals surface area contributed by atoms with Crippen LogP contribution in [0.3, 0.4) is 0 Å². The lowest BCUT2D eigenvalue weighted by molar-refractivity contribution is 0.214. The van der Waals surface area contributed by atoms with Gasteiger partial charge in [0, 0.05) is 0 Å². The molecule has 2 aliphatic rings. The predicted molar refractivity (Wildman–Crippen MR) is 80.4 cm³/mol. The summed E-state index contributed by atoms with van der Waals surface area (Å²) in [5.74, 6) is 2.56. The van der Waals surface area contributed by atoms with E-state index < -0.39 is 0 Å². The van der Waals surface area contributed by atoms with Crippen LogP contribution in [0.25, 0.3) is 0 Å². The van der Waals surface area contributed by atoms with Gasteiger partial charge in [-0.1, -0.05) is 75.6 Å². The number of hydrogen-bond acceptors (Lipinski definition) is 0. The van der Waals surface area contributed by atoms with Crippen molar-refractivity contribution in [3.63, 3.8) is 0 Å². The topological polar surface area (TPSA) is 0 Å². The first-order chi connectivity index (χ1) is 8.81. The molecule has 0 saturated heterocycles. The van der Waals surface area contributed by atoms with Gasteiger partial charge in [0.25, 0.3) is 0 Å². The number of hydrogen-bond donors (Lipinski definition) is 0. The third-order valence-electron chi connectivity index (χ3n) is 4.45. The molecule has 0 aromatic carbocycles. The average Bonchev–Trinajstić information content (AvgIpc) is 2.32. The zero-order chi connectivity index (χ0) is 12.8. The van der Waals surface area contributed by atoms with E-state index in [0.29, 0.717) is 0 Å². The van der Waals surface area contributed by atoms with Crippen molar-refractivity contribution in [3.05, 3.63) is 48.1 Å². The minimum absolute atomic E-state index is 0.766. The third kappa shape index (κ3) is 3.48. The quantitative estimate of drug-likeness (QED) is 0.617. The van der Waals surface area contributed by atoms with E-state index in [2.05, 4.69) is 56.4 Å². The van der Waals surface area contributed by atoms with Crippen molar-refractivity contribution in [2.75, 3.05) is 0 Å². The Labute approximate surface area is 112 Å². The molecule has 0 spiro atoms. The normalized spacial score (nSPS) is 40.1. The van der Waals surface area contributed by atoms with Gasteiger partial charge in [-0.05, 0) is 36.2 Å². The van der Waals surface area contributed by atoms with Crippen LogP contribution in [-0.2, 0) is 0 Å². The Balaban J connectivity index is 2.09. The molecular weight excluding hydrogens is 216 g/mol. The second kappa shape index (κ2) is 6.78. The Hall–Kier alpha value is -1.04. The number of allylic oxidation sites excluding steroid dienone is 8. The van der Waals surface area contributed by atoms with Gasteiger partial charge in [0.05, 0.1) is 0 Å². The van der Waals surface area contributed by atoms with E-state index in [0.717, 1.165) is 17.8 Å². The van der Waals surface area contributed by atoms with E-state index in [4.69, 9.17) is 0 Å². The molecule has 18 heavy (non-hydrogen) atoms. The Bertz CT molecular complexity index is 367. The molecule has 98 valence electrons. The second-order valence-electron chi connectivity index (χ2n) is 5.85. The Kier molecular flexibility index (Phi) is 5.04. The van der Waals surface area contributed by atoms with Crippen molar-refractivity contribution in [2.24, 2.45) is 17.8 Å². The van der Waals surface area contributed by atoms with Crippen molar-refractivity contribution in [1.82, 2.24) is 0 Å². The van der Waals surface area contributed by atoms with Gasteiger partial charge in [-0.25, -0.2) is 0 Å². The molecule has 0 bridgehead atoms. The molecule has 1 saturated carbocycles. The zero-order valence-electron chi connectivity index (χ0n) is 11.8. The van der Waals surface area contributed by atoms with Crippen molar-refractivity contribution < 1.29 is 0 Å². The first kappa shape index (κ1) is 13.4. The molecule has 0 heterocycles. The molecule has 1 fully saturated rings. The van der Waals surface area contributed by atoms with Gasteiger partial charge in [0.15, 0.2) is 0 Å². The van der Waals surface area contributed by atoms with Crippen LogP contribution in [0, 0.1) is 17.8 Å². The summed E-state index contributed by atoms with van der Waals surface area (Å²) in [7, 11) is 0. The smallest absolute Gasteiger partial charge is 0.0134 e. The molecule has 0 aromatic rings. The highest BCUT2D eigenvalue weighted by Crippen LogP contribution is 2.40. The lowest BCUT2D eigenvalue weighted by Crippen LogP contribution is -2.24. The maximum absolute atomic E-state index is 2.43. The fourth-order valence-electron chi connectivity index (χ4n) is 3.37.